The smallest absolute Gasteiger partial charge is 0.251 e. The van der Waals surface area contributed by atoms with Crippen molar-refractivity contribution in [2.24, 2.45) is 0 Å². The highest BCUT2D eigenvalue weighted by atomic mass is 32.2. The van der Waals surface area contributed by atoms with Crippen LogP contribution in [0, 0.1) is 6.92 Å². The molecule has 26 heavy (non-hydrogen) atoms. The predicted molar refractivity (Wildman–Crippen MR) is 106 cm³/mol. The van der Waals surface area contributed by atoms with Crippen molar-refractivity contribution in [2.75, 3.05) is 17.6 Å². The molecule has 1 atom stereocenters. The highest BCUT2D eigenvalue weighted by molar-refractivity contribution is 7.92. The number of sulfonamides is 1. The lowest BCUT2D eigenvalue weighted by Gasteiger charge is -2.20. The molecule has 0 unspecified atom stereocenters. The van der Waals surface area contributed by atoms with Gasteiger partial charge in [0.25, 0.3) is 5.91 Å². The number of nitrogens with zero attached hydrogens (tertiary/aromatic N) is 1. The van der Waals surface area contributed by atoms with Gasteiger partial charge in [0.05, 0.1) is 18.0 Å². The van der Waals surface area contributed by atoms with E-state index in [-0.39, 0.29) is 11.9 Å². The number of aryl methyl sites for hydroxylation is 2. The van der Waals surface area contributed by atoms with Gasteiger partial charge in [0.15, 0.2) is 0 Å². The van der Waals surface area contributed by atoms with Crippen LogP contribution in [-0.4, -0.2) is 27.6 Å². The molecule has 0 aliphatic rings. The average molecular weight is 375 g/mol. The molecular formula is C20H26N2O3S. The quantitative estimate of drug-likeness (QED) is 0.842. The number of benzene rings is 2. The first kappa shape index (κ1) is 20.0. The Balaban J connectivity index is 2.15. The summed E-state index contributed by atoms with van der Waals surface area (Å²) in [6.07, 6.45) is 2.13. The zero-order valence-electron chi connectivity index (χ0n) is 15.9. The van der Waals surface area contributed by atoms with Crippen LogP contribution in [0.5, 0.6) is 0 Å². The second-order valence-corrected chi connectivity index (χ2v) is 8.54. The number of hydrogen-bond donors (Lipinski definition) is 1. The predicted octanol–water partition coefficient (Wildman–Crippen LogP) is 3.44. The lowest BCUT2D eigenvalue weighted by Crippen LogP contribution is -2.28. The van der Waals surface area contributed by atoms with Crippen molar-refractivity contribution in [3.8, 4) is 0 Å². The maximum absolute atomic E-state index is 12.5. The lowest BCUT2D eigenvalue weighted by atomic mass is 10.0. The summed E-state index contributed by atoms with van der Waals surface area (Å²) < 4.78 is 24.6. The first-order valence-corrected chi connectivity index (χ1v) is 10.4. The fourth-order valence-electron chi connectivity index (χ4n) is 2.73. The molecular weight excluding hydrogens is 348 g/mol. The molecule has 1 N–H and O–H groups in total. The van der Waals surface area contributed by atoms with Crippen molar-refractivity contribution in [1.29, 1.82) is 0 Å². The molecule has 0 aliphatic heterocycles. The van der Waals surface area contributed by atoms with Crippen molar-refractivity contribution < 1.29 is 13.2 Å². The van der Waals surface area contributed by atoms with Crippen LogP contribution in [0.15, 0.2) is 42.5 Å². The fraction of sp³-hybridized carbons (Fsp3) is 0.350. The van der Waals surface area contributed by atoms with E-state index in [1.807, 2.05) is 19.1 Å². The highest BCUT2D eigenvalue weighted by Crippen LogP contribution is 2.23. The van der Waals surface area contributed by atoms with Crippen LogP contribution in [0.25, 0.3) is 0 Å². The Kier molecular flexibility index (Phi) is 6.08. The van der Waals surface area contributed by atoms with Gasteiger partial charge in [0.1, 0.15) is 0 Å². The van der Waals surface area contributed by atoms with Crippen LogP contribution < -0.4 is 9.62 Å². The molecule has 0 spiro atoms. The third kappa shape index (κ3) is 4.64. The molecule has 140 valence electrons. The Hall–Kier alpha value is -2.34. The van der Waals surface area contributed by atoms with Gasteiger partial charge < -0.3 is 5.32 Å². The molecule has 0 saturated carbocycles. The molecule has 0 heterocycles. The molecule has 1 amide bonds. The van der Waals surface area contributed by atoms with E-state index in [1.54, 1.807) is 25.1 Å². The summed E-state index contributed by atoms with van der Waals surface area (Å²) in [5.74, 6) is -0.186. The minimum atomic E-state index is -3.34. The lowest BCUT2D eigenvalue weighted by molar-refractivity contribution is 0.0940. The van der Waals surface area contributed by atoms with E-state index in [4.69, 9.17) is 0 Å². The van der Waals surface area contributed by atoms with E-state index in [2.05, 4.69) is 24.4 Å². The Labute approximate surface area is 156 Å². The van der Waals surface area contributed by atoms with E-state index in [0.29, 0.717) is 11.3 Å². The van der Waals surface area contributed by atoms with E-state index >= 15 is 0 Å². The summed E-state index contributed by atoms with van der Waals surface area (Å²) in [6, 6.07) is 13.1. The summed E-state index contributed by atoms with van der Waals surface area (Å²) >= 11 is 0. The van der Waals surface area contributed by atoms with E-state index in [9.17, 15) is 13.2 Å². The monoisotopic (exact) mass is 374 g/mol. The largest absolute Gasteiger partial charge is 0.346 e. The van der Waals surface area contributed by atoms with Gasteiger partial charge in [0, 0.05) is 12.6 Å². The van der Waals surface area contributed by atoms with Crippen molar-refractivity contribution in [3.63, 3.8) is 0 Å². The van der Waals surface area contributed by atoms with Gasteiger partial charge in [-0.25, -0.2) is 8.42 Å². The Morgan fingerprint density at radius 1 is 1.15 bits per heavy atom. The SMILES string of the molecule is CCc1ccc([C@H](C)NC(=O)c2ccc(N(C)S(C)(=O)=O)c(C)c2)cc1. The van der Waals surface area contributed by atoms with Gasteiger partial charge in [-0.1, -0.05) is 31.2 Å². The number of carbonyl (C=O) groups excluding carboxylic acids is 1. The number of amides is 1. The zero-order valence-corrected chi connectivity index (χ0v) is 16.7. The molecule has 5 nitrogen and oxygen atoms in total. The zero-order chi connectivity index (χ0) is 19.5. The molecule has 0 saturated heterocycles. The summed E-state index contributed by atoms with van der Waals surface area (Å²) in [4.78, 5) is 12.5. The molecule has 2 rings (SSSR count). The Morgan fingerprint density at radius 3 is 2.27 bits per heavy atom. The first-order valence-electron chi connectivity index (χ1n) is 8.57. The molecule has 2 aromatic rings. The normalized spacial score (nSPS) is 12.5. The molecule has 0 aliphatic carbocycles. The van der Waals surface area contributed by atoms with E-state index in [0.717, 1.165) is 23.8 Å². The maximum atomic E-state index is 12.5. The second kappa shape index (κ2) is 7.91. The number of carbonyl (C=O) groups is 1. The van der Waals surface area contributed by atoms with Crippen molar-refractivity contribution in [1.82, 2.24) is 5.32 Å². The Bertz CT molecular complexity index is 890. The van der Waals surface area contributed by atoms with Crippen LogP contribution in [0.2, 0.25) is 0 Å². The minimum Gasteiger partial charge on any atom is -0.346 e. The summed E-state index contributed by atoms with van der Waals surface area (Å²) in [6.45, 7) is 5.84. The minimum absolute atomic E-state index is 0.118. The summed E-state index contributed by atoms with van der Waals surface area (Å²) in [5.41, 5.74) is 4.09. The third-order valence-electron chi connectivity index (χ3n) is 4.53. The van der Waals surface area contributed by atoms with Crippen LogP contribution in [-0.2, 0) is 16.4 Å². The molecule has 0 radical (unpaired) electrons. The van der Waals surface area contributed by atoms with Crippen LogP contribution in [0.1, 0.15) is 46.9 Å². The third-order valence-corrected chi connectivity index (χ3v) is 5.72. The fourth-order valence-corrected chi connectivity index (χ4v) is 3.30. The summed E-state index contributed by atoms with van der Waals surface area (Å²) in [7, 11) is -1.84. The van der Waals surface area contributed by atoms with Crippen molar-refractivity contribution >= 4 is 21.6 Å². The van der Waals surface area contributed by atoms with Gasteiger partial charge in [-0.2, -0.15) is 0 Å². The second-order valence-electron chi connectivity index (χ2n) is 6.52. The molecule has 0 fully saturated rings. The van der Waals surface area contributed by atoms with Crippen molar-refractivity contribution in [2.45, 2.75) is 33.2 Å². The number of hydrogen-bond acceptors (Lipinski definition) is 3. The van der Waals surface area contributed by atoms with Crippen LogP contribution >= 0.6 is 0 Å². The number of nitrogens with one attached hydrogen (secondary N) is 1. The number of anilines is 1. The first-order chi connectivity index (χ1) is 12.1. The van der Waals surface area contributed by atoms with Gasteiger partial charge >= 0.3 is 0 Å². The average Bonchev–Trinajstić information content (AvgIpc) is 2.60. The van der Waals surface area contributed by atoms with Gasteiger partial charge in [-0.05, 0) is 55.2 Å². The number of rotatable bonds is 6. The van der Waals surface area contributed by atoms with Crippen molar-refractivity contribution in [3.05, 3.63) is 64.7 Å². The molecule has 0 aromatic heterocycles. The van der Waals surface area contributed by atoms with Gasteiger partial charge in [0.2, 0.25) is 10.0 Å². The van der Waals surface area contributed by atoms with Crippen LogP contribution in [0.4, 0.5) is 5.69 Å². The topological polar surface area (TPSA) is 66.5 Å². The standard InChI is InChI=1S/C20H26N2O3S/c1-6-16-7-9-17(10-8-16)15(3)21-20(23)18-11-12-19(14(2)13-18)22(4)26(5,24)25/h7-13,15H,6H2,1-5H3,(H,21,23)/t15-/m0/s1. The summed E-state index contributed by atoms with van der Waals surface area (Å²) in [5, 5.41) is 2.99. The van der Waals surface area contributed by atoms with Crippen LogP contribution in [0.3, 0.4) is 0 Å². The molecule has 2 aromatic carbocycles. The maximum Gasteiger partial charge on any atom is 0.251 e. The molecule has 6 heteroatoms. The van der Waals surface area contributed by atoms with E-state index in [1.165, 1.54) is 16.9 Å². The highest BCUT2D eigenvalue weighted by Gasteiger charge is 2.17. The van der Waals surface area contributed by atoms with Gasteiger partial charge in [-0.3, -0.25) is 9.10 Å². The van der Waals surface area contributed by atoms with Gasteiger partial charge in [-0.15, -0.1) is 0 Å². The van der Waals surface area contributed by atoms with E-state index < -0.39 is 10.0 Å². The Morgan fingerprint density at radius 2 is 1.77 bits per heavy atom. The molecule has 0 bridgehead atoms.